The molecule has 6 nitrogen and oxygen atoms in total. The summed E-state index contributed by atoms with van der Waals surface area (Å²) >= 11 is 0. The second-order valence-electron chi connectivity index (χ2n) is 4.12. The van der Waals surface area contributed by atoms with Crippen LogP contribution in [0.15, 0.2) is 36.9 Å². The smallest absolute Gasteiger partial charge is 0.317 e. The largest absolute Gasteiger partial charge is 0.365 e. The monoisotopic (exact) mass is 270 g/mol. The van der Waals surface area contributed by atoms with E-state index < -0.39 is 11.9 Å². The molecule has 0 spiro atoms. The Balaban J connectivity index is 2.55. The number of nitrogens with two attached hydrogens (primary N) is 2. The van der Waals surface area contributed by atoms with Crippen LogP contribution in [0, 0.1) is 0 Å². The highest BCUT2D eigenvalue weighted by Crippen LogP contribution is 2.28. The minimum atomic E-state index is -0.780. The molecule has 1 heterocycles. The van der Waals surface area contributed by atoms with Crippen LogP contribution >= 0.6 is 0 Å². The zero-order valence-electron chi connectivity index (χ0n) is 10.6. The van der Waals surface area contributed by atoms with Crippen molar-refractivity contribution in [2.45, 2.75) is 0 Å². The fourth-order valence-corrected chi connectivity index (χ4v) is 1.94. The lowest BCUT2D eigenvalue weighted by atomic mass is 10.0. The first-order chi connectivity index (χ1) is 9.52. The van der Waals surface area contributed by atoms with Gasteiger partial charge < -0.3 is 16.5 Å². The maximum absolute atomic E-state index is 11.4. The molecule has 0 saturated carbocycles. The van der Waals surface area contributed by atoms with Crippen molar-refractivity contribution in [3.8, 4) is 11.3 Å². The third-order valence-corrected chi connectivity index (χ3v) is 2.80. The number of benzene rings is 1. The molecule has 0 fully saturated rings. The van der Waals surface area contributed by atoms with Crippen LogP contribution in [0.4, 0.5) is 10.6 Å². The second kappa shape index (κ2) is 5.31. The highest BCUT2D eigenvalue weighted by atomic mass is 16.2. The second-order valence-corrected chi connectivity index (χ2v) is 4.12. The van der Waals surface area contributed by atoms with Gasteiger partial charge in [-0.3, -0.25) is 10.1 Å². The van der Waals surface area contributed by atoms with Crippen molar-refractivity contribution in [2.24, 2.45) is 11.5 Å². The number of aromatic amines is 1. The van der Waals surface area contributed by atoms with Gasteiger partial charge in [-0.1, -0.05) is 36.9 Å². The fourth-order valence-electron chi connectivity index (χ4n) is 1.94. The van der Waals surface area contributed by atoms with Crippen LogP contribution in [0.5, 0.6) is 0 Å². The lowest BCUT2D eigenvalue weighted by Gasteiger charge is -2.03. The Hall–Kier alpha value is -3.02. The summed E-state index contributed by atoms with van der Waals surface area (Å²) in [6.45, 7) is 3.73. The molecule has 0 bridgehead atoms. The lowest BCUT2D eigenvalue weighted by molar-refractivity contribution is 0.100. The maximum atomic E-state index is 11.4. The number of aromatic nitrogens is 1. The highest BCUT2D eigenvalue weighted by molar-refractivity contribution is 6.03. The van der Waals surface area contributed by atoms with Crippen molar-refractivity contribution >= 4 is 23.8 Å². The number of hydrogen-bond donors (Lipinski definition) is 4. The lowest BCUT2D eigenvalue weighted by Crippen LogP contribution is -2.22. The maximum Gasteiger partial charge on any atom is 0.317 e. The number of nitrogens with one attached hydrogen (secondary N) is 2. The van der Waals surface area contributed by atoms with Gasteiger partial charge in [0.25, 0.3) is 5.91 Å². The molecule has 0 atom stereocenters. The van der Waals surface area contributed by atoms with E-state index in [0.717, 1.165) is 11.1 Å². The van der Waals surface area contributed by atoms with Gasteiger partial charge >= 0.3 is 6.03 Å². The van der Waals surface area contributed by atoms with Crippen molar-refractivity contribution in [2.75, 3.05) is 5.32 Å². The molecular weight excluding hydrogens is 256 g/mol. The number of anilines is 1. The van der Waals surface area contributed by atoms with Gasteiger partial charge in [0, 0.05) is 11.3 Å². The van der Waals surface area contributed by atoms with Crippen LogP contribution in [0.2, 0.25) is 0 Å². The first kappa shape index (κ1) is 13.4. The van der Waals surface area contributed by atoms with E-state index in [1.54, 1.807) is 12.1 Å². The molecule has 1 aromatic carbocycles. The number of rotatable bonds is 4. The summed E-state index contributed by atoms with van der Waals surface area (Å²) in [6, 6.07) is 8.26. The first-order valence-corrected chi connectivity index (χ1v) is 5.84. The van der Waals surface area contributed by atoms with Crippen molar-refractivity contribution < 1.29 is 9.59 Å². The first-order valence-electron chi connectivity index (χ1n) is 5.84. The van der Waals surface area contributed by atoms with Gasteiger partial charge in [0.15, 0.2) is 0 Å². The molecule has 2 rings (SSSR count). The summed E-state index contributed by atoms with van der Waals surface area (Å²) in [5.41, 5.74) is 12.9. The summed E-state index contributed by atoms with van der Waals surface area (Å²) in [7, 11) is 0. The van der Waals surface area contributed by atoms with Crippen LogP contribution in [0.3, 0.4) is 0 Å². The zero-order chi connectivity index (χ0) is 14.7. The molecule has 6 heteroatoms. The minimum Gasteiger partial charge on any atom is -0.365 e. The summed E-state index contributed by atoms with van der Waals surface area (Å²) in [5.74, 6) is -0.480. The molecule has 2 aromatic rings. The van der Waals surface area contributed by atoms with Crippen molar-refractivity contribution in [3.63, 3.8) is 0 Å². The Kier molecular flexibility index (Phi) is 3.56. The summed E-state index contributed by atoms with van der Waals surface area (Å²) < 4.78 is 0. The summed E-state index contributed by atoms with van der Waals surface area (Å²) in [6.07, 6.45) is 1.70. The van der Waals surface area contributed by atoms with E-state index in [9.17, 15) is 9.59 Å². The Morgan fingerprint density at radius 3 is 2.55 bits per heavy atom. The van der Waals surface area contributed by atoms with Crippen LogP contribution in [-0.4, -0.2) is 16.9 Å². The van der Waals surface area contributed by atoms with Gasteiger partial charge in [-0.15, -0.1) is 0 Å². The molecule has 6 N–H and O–H groups in total. The van der Waals surface area contributed by atoms with E-state index in [2.05, 4.69) is 16.9 Å². The zero-order valence-corrected chi connectivity index (χ0v) is 10.6. The molecule has 0 aliphatic carbocycles. The van der Waals surface area contributed by atoms with Gasteiger partial charge in [-0.05, 0) is 11.6 Å². The standard InChI is InChI=1S/C14H14N4O2/c1-2-8-5-3-4-6-9(8)11-7-10(12(15)19)13(17-11)18-14(16)20/h2-7,17H,1H2,(H2,15,19)(H3,16,18,20). The molecular formula is C14H14N4O2. The topological polar surface area (TPSA) is 114 Å². The van der Waals surface area contributed by atoms with Crippen LogP contribution < -0.4 is 16.8 Å². The Morgan fingerprint density at radius 1 is 1.25 bits per heavy atom. The van der Waals surface area contributed by atoms with Gasteiger partial charge in [-0.2, -0.15) is 0 Å². The number of carbonyl (C=O) groups is 2. The normalized spacial score (nSPS) is 10.0. The molecule has 0 unspecified atom stereocenters. The number of hydrogen-bond acceptors (Lipinski definition) is 2. The Bertz CT molecular complexity index is 688. The van der Waals surface area contributed by atoms with E-state index in [4.69, 9.17) is 11.5 Å². The van der Waals surface area contributed by atoms with Gasteiger partial charge in [0.2, 0.25) is 0 Å². The highest BCUT2D eigenvalue weighted by Gasteiger charge is 2.16. The minimum absolute atomic E-state index is 0.165. The Labute approximate surface area is 115 Å². The number of H-pyrrole nitrogens is 1. The number of carbonyl (C=O) groups excluding carboxylic acids is 2. The predicted octanol–water partition coefficient (Wildman–Crippen LogP) is 1.91. The van der Waals surface area contributed by atoms with E-state index in [1.165, 1.54) is 0 Å². The number of urea groups is 1. The SMILES string of the molecule is C=Cc1ccccc1-c1cc(C(N)=O)c(NC(N)=O)[nH]1. The van der Waals surface area contributed by atoms with E-state index in [0.29, 0.717) is 5.69 Å². The molecule has 20 heavy (non-hydrogen) atoms. The Morgan fingerprint density at radius 2 is 1.95 bits per heavy atom. The molecule has 3 amide bonds. The summed E-state index contributed by atoms with van der Waals surface area (Å²) in [4.78, 5) is 25.3. The molecule has 0 aliphatic heterocycles. The summed E-state index contributed by atoms with van der Waals surface area (Å²) in [5, 5.41) is 2.34. The van der Waals surface area contributed by atoms with E-state index in [-0.39, 0.29) is 11.4 Å². The van der Waals surface area contributed by atoms with Crippen molar-refractivity contribution in [1.82, 2.24) is 4.98 Å². The average molecular weight is 270 g/mol. The number of primary amides is 2. The quantitative estimate of drug-likeness (QED) is 0.679. The van der Waals surface area contributed by atoms with Crippen LogP contribution in [0.1, 0.15) is 15.9 Å². The fraction of sp³-hybridized carbons (Fsp3) is 0. The predicted molar refractivity (Wildman–Crippen MR) is 78.0 cm³/mol. The van der Waals surface area contributed by atoms with Gasteiger partial charge in [-0.25, -0.2) is 4.79 Å². The number of amides is 3. The van der Waals surface area contributed by atoms with Crippen molar-refractivity contribution in [3.05, 3.63) is 48.0 Å². The molecule has 0 aliphatic rings. The van der Waals surface area contributed by atoms with Crippen LogP contribution in [0.25, 0.3) is 17.3 Å². The molecule has 102 valence electrons. The van der Waals surface area contributed by atoms with Gasteiger partial charge in [0.1, 0.15) is 5.82 Å². The van der Waals surface area contributed by atoms with E-state index in [1.807, 2.05) is 24.3 Å². The average Bonchev–Trinajstić information content (AvgIpc) is 2.81. The molecule has 1 aromatic heterocycles. The van der Waals surface area contributed by atoms with Gasteiger partial charge in [0.05, 0.1) is 5.56 Å². The third-order valence-electron chi connectivity index (χ3n) is 2.80. The van der Waals surface area contributed by atoms with Crippen molar-refractivity contribution in [1.29, 1.82) is 0 Å². The third kappa shape index (κ3) is 2.54. The van der Waals surface area contributed by atoms with Crippen LogP contribution in [-0.2, 0) is 0 Å². The molecule has 0 saturated heterocycles. The van der Waals surface area contributed by atoms with E-state index >= 15 is 0 Å². The molecule has 0 radical (unpaired) electrons.